The van der Waals surface area contributed by atoms with E-state index in [1.807, 2.05) is 35.0 Å². The van der Waals surface area contributed by atoms with Crippen molar-refractivity contribution in [3.05, 3.63) is 23.8 Å². The van der Waals surface area contributed by atoms with Crippen LogP contribution in [0.25, 0.3) is 11.0 Å². The van der Waals surface area contributed by atoms with E-state index in [0.717, 1.165) is 36.1 Å². The van der Waals surface area contributed by atoms with Crippen LogP contribution < -0.4 is 0 Å². The number of benzene rings is 1. The summed E-state index contributed by atoms with van der Waals surface area (Å²) in [5.41, 5.74) is 1.21. The topological polar surface area (TPSA) is 82.7 Å². The second-order valence-corrected chi connectivity index (χ2v) is 8.65. The van der Waals surface area contributed by atoms with Gasteiger partial charge >= 0.3 is 0 Å². The summed E-state index contributed by atoms with van der Waals surface area (Å²) in [7, 11) is 1.94. The number of nitrogens with zero attached hydrogens (tertiary/aromatic N) is 4. The van der Waals surface area contributed by atoms with E-state index in [9.17, 15) is 9.90 Å². The first-order chi connectivity index (χ1) is 13.5. The molecule has 7 nitrogen and oxygen atoms in total. The second-order valence-electron chi connectivity index (χ2n) is 8.65. The number of piperidine rings is 1. The molecule has 2 heterocycles. The second kappa shape index (κ2) is 8.17. The fourth-order valence-electron chi connectivity index (χ4n) is 4.81. The fourth-order valence-corrected chi connectivity index (χ4v) is 4.81. The van der Waals surface area contributed by atoms with Crippen molar-refractivity contribution in [3.63, 3.8) is 0 Å². The van der Waals surface area contributed by atoms with Gasteiger partial charge in [-0.05, 0) is 66.7 Å². The van der Waals surface area contributed by atoms with Crippen LogP contribution in [-0.4, -0.2) is 63.4 Å². The summed E-state index contributed by atoms with van der Waals surface area (Å²) in [5, 5.41) is 18.9. The molecule has 4 rings (SSSR count). The molecule has 7 heteroatoms. The zero-order valence-corrected chi connectivity index (χ0v) is 16.6. The average molecular weight is 386 g/mol. The smallest absolute Gasteiger partial charge is 0.255 e. The van der Waals surface area contributed by atoms with Crippen LogP contribution in [0.4, 0.5) is 0 Å². The lowest BCUT2D eigenvalue weighted by atomic mass is 9.86. The third-order valence-electron chi connectivity index (χ3n) is 6.21. The van der Waals surface area contributed by atoms with Gasteiger partial charge in [0.1, 0.15) is 11.0 Å². The van der Waals surface area contributed by atoms with E-state index in [-0.39, 0.29) is 5.91 Å². The first-order valence-electron chi connectivity index (χ1n) is 10.4. The minimum atomic E-state index is -1.29. The largest absolute Gasteiger partial charge is 0.379 e. The molecule has 1 aromatic carbocycles. The molecular formula is C21H30N4O3. The molecule has 1 saturated carbocycles. The van der Waals surface area contributed by atoms with Crippen molar-refractivity contribution in [3.8, 4) is 0 Å². The van der Waals surface area contributed by atoms with E-state index >= 15 is 0 Å². The summed E-state index contributed by atoms with van der Waals surface area (Å²) in [4.78, 5) is 17.0. The van der Waals surface area contributed by atoms with Gasteiger partial charge in [0, 0.05) is 26.2 Å². The minimum Gasteiger partial charge on any atom is -0.379 e. The summed E-state index contributed by atoms with van der Waals surface area (Å²) in [6.07, 6.45) is 7.66. The van der Waals surface area contributed by atoms with Crippen molar-refractivity contribution < 1.29 is 14.5 Å². The molecule has 1 amide bonds. The molecule has 2 fully saturated rings. The Bertz CT molecular complexity index is 817. The summed E-state index contributed by atoms with van der Waals surface area (Å²) in [6, 6.07) is 5.79. The number of carbonyl (C=O) groups is 1. The Kier molecular flexibility index (Phi) is 5.64. The maximum atomic E-state index is 13.1. The summed E-state index contributed by atoms with van der Waals surface area (Å²) in [5.74, 6) is 0.507. The van der Waals surface area contributed by atoms with E-state index in [0.29, 0.717) is 25.4 Å². The first-order valence-corrected chi connectivity index (χ1v) is 10.4. The van der Waals surface area contributed by atoms with E-state index in [2.05, 4.69) is 10.3 Å². The molecule has 1 aromatic heterocycles. The molecule has 28 heavy (non-hydrogen) atoms. The van der Waals surface area contributed by atoms with Crippen LogP contribution >= 0.6 is 0 Å². The number of aliphatic hydroxyl groups is 1. The molecule has 1 N–H and O–H groups in total. The van der Waals surface area contributed by atoms with Gasteiger partial charge in [-0.3, -0.25) is 9.69 Å². The normalized spacial score (nSPS) is 24.4. The highest BCUT2D eigenvalue weighted by Crippen LogP contribution is 2.29. The number of amides is 1. The van der Waals surface area contributed by atoms with Crippen molar-refractivity contribution in [2.24, 2.45) is 5.92 Å². The number of aromatic nitrogens is 2. The zero-order valence-electron chi connectivity index (χ0n) is 16.6. The Hall–Kier alpha value is -1.99. The third-order valence-corrected chi connectivity index (χ3v) is 6.21. The summed E-state index contributed by atoms with van der Waals surface area (Å²) in [6.45, 7) is 2.54. The van der Waals surface area contributed by atoms with Gasteiger partial charge in [-0.1, -0.05) is 25.3 Å². The number of carbonyl (C=O) groups excluding carboxylic acids is 1. The highest BCUT2D eigenvalue weighted by molar-refractivity contribution is 5.86. The number of likely N-dealkylation sites (N-methyl/N-ethyl adjacent to an activating group) is 1. The first kappa shape index (κ1) is 19.3. The van der Waals surface area contributed by atoms with E-state index in [1.165, 1.54) is 32.1 Å². The van der Waals surface area contributed by atoms with Crippen molar-refractivity contribution in [1.29, 1.82) is 0 Å². The Morgan fingerprint density at radius 2 is 2.00 bits per heavy atom. The fraction of sp³-hybridized carbons (Fsp3) is 0.667. The third kappa shape index (κ3) is 4.20. The lowest BCUT2D eigenvalue weighted by molar-refractivity contribution is -0.160. The van der Waals surface area contributed by atoms with Crippen LogP contribution in [0.15, 0.2) is 22.8 Å². The summed E-state index contributed by atoms with van der Waals surface area (Å²) < 4.78 is 4.75. The molecule has 2 aliphatic rings. The minimum absolute atomic E-state index is 0.0904. The molecule has 0 radical (unpaired) electrons. The number of hydrogen-bond acceptors (Lipinski definition) is 6. The van der Waals surface area contributed by atoms with Crippen molar-refractivity contribution >= 4 is 16.9 Å². The van der Waals surface area contributed by atoms with Gasteiger partial charge in [0.25, 0.3) is 5.91 Å². The van der Waals surface area contributed by atoms with Crippen LogP contribution in [-0.2, 0) is 11.3 Å². The molecule has 2 aromatic rings. The maximum Gasteiger partial charge on any atom is 0.255 e. The molecule has 0 spiro atoms. The quantitative estimate of drug-likeness (QED) is 0.822. The lowest BCUT2D eigenvalue weighted by Crippen LogP contribution is -2.58. The van der Waals surface area contributed by atoms with E-state index in [1.54, 1.807) is 0 Å². The van der Waals surface area contributed by atoms with Gasteiger partial charge < -0.3 is 10.0 Å². The van der Waals surface area contributed by atoms with Gasteiger partial charge in [-0.15, -0.1) is 0 Å². The van der Waals surface area contributed by atoms with Gasteiger partial charge in [0.15, 0.2) is 5.60 Å². The Morgan fingerprint density at radius 3 is 2.82 bits per heavy atom. The van der Waals surface area contributed by atoms with Gasteiger partial charge in [0.2, 0.25) is 0 Å². The Balaban J connectivity index is 1.37. The van der Waals surface area contributed by atoms with Crippen molar-refractivity contribution in [2.75, 3.05) is 26.7 Å². The zero-order chi connectivity index (χ0) is 19.6. The van der Waals surface area contributed by atoms with Crippen LogP contribution in [0, 0.1) is 5.92 Å². The monoisotopic (exact) mass is 386 g/mol. The predicted octanol–water partition coefficient (Wildman–Crippen LogP) is 2.59. The highest BCUT2D eigenvalue weighted by Gasteiger charge is 2.43. The highest BCUT2D eigenvalue weighted by atomic mass is 16.6. The van der Waals surface area contributed by atoms with Crippen LogP contribution in [0.1, 0.15) is 50.5 Å². The van der Waals surface area contributed by atoms with Crippen LogP contribution in [0.3, 0.4) is 0 Å². The standard InChI is InChI=1S/C21H30N4O3/c1-24(13-17-8-9-18-19(12-17)23-28-22-18)15-21(27)10-5-11-25(20(21)26)14-16-6-3-2-4-7-16/h8-9,12,16,27H,2-7,10-11,13-15H2,1H3/t21-/m0/s1. The van der Waals surface area contributed by atoms with Gasteiger partial charge in [-0.25, -0.2) is 4.63 Å². The summed E-state index contributed by atoms with van der Waals surface area (Å²) >= 11 is 0. The number of likely N-dealkylation sites (tertiary alicyclic amines) is 1. The van der Waals surface area contributed by atoms with Crippen LogP contribution in [0.5, 0.6) is 0 Å². The lowest BCUT2D eigenvalue weighted by Gasteiger charge is -2.41. The Morgan fingerprint density at radius 1 is 1.21 bits per heavy atom. The van der Waals surface area contributed by atoms with Gasteiger partial charge in [0.05, 0.1) is 0 Å². The SMILES string of the molecule is CN(Cc1ccc2nonc2c1)C[C@@]1(O)CCCN(CC2CCCCC2)C1=O. The van der Waals surface area contributed by atoms with Crippen molar-refractivity contribution in [2.45, 2.75) is 57.1 Å². The molecule has 152 valence electrons. The molecule has 0 unspecified atom stereocenters. The van der Waals surface area contributed by atoms with E-state index < -0.39 is 5.60 Å². The van der Waals surface area contributed by atoms with E-state index in [4.69, 9.17) is 4.63 Å². The average Bonchev–Trinajstić information content (AvgIpc) is 3.14. The predicted molar refractivity (Wildman–Crippen MR) is 105 cm³/mol. The number of fused-ring (bicyclic) bond motifs is 1. The maximum absolute atomic E-state index is 13.1. The number of hydrogen-bond donors (Lipinski definition) is 1. The van der Waals surface area contributed by atoms with Gasteiger partial charge in [-0.2, -0.15) is 0 Å². The molecular weight excluding hydrogens is 356 g/mol. The molecule has 1 atom stereocenters. The molecule has 1 saturated heterocycles. The Labute approximate surface area is 165 Å². The van der Waals surface area contributed by atoms with Crippen LogP contribution in [0.2, 0.25) is 0 Å². The number of rotatable bonds is 6. The van der Waals surface area contributed by atoms with Crippen molar-refractivity contribution in [1.82, 2.24) is 20.1 Å². The molecule has 1 aliphatic heterocycles. The molecule has 1 aliphatic carbocycles. The molecule has 0 bridgehead atoms.